The van der Waals surface area contributed by atoms with Crippen molar-refractivity contribution in [3.8, 4) is 0 Å². The van der Waals surface area contributed by atoms with Crippen LogP contribution in [0.25, 0.3) is 0 Å². The summed E-state index contributed by atoms with van der Waals surface area (Å²) in [6.45, 7) is 1.67. The fourth-order valence-corrected chi connectivity index (χ4v) is 1.68. The summed E-state index contributed by atoms with van der Waals surface area (Å²) < 4.78 is 37.7. The number of halogens is 3. The van der Waals surface area contributed by atoms with Crippen LogP contribution in [-0.2, 0) is 11.7 Å². The van der Waals surface area contributed by atoms with Crippen LogP contribution in [0.3, 0.4) is 0 Å². The third-order valence-electron chi connectivity index (χ3n) is 2.99. The molecule has 0 aliphatic rings. The van der Waals surface area contributed by atoms with Gasteiger partial charge in [-0.1, -0.05) is 12.1 Å². The number of rotatable bonds is 4. The van der Waals surface area contributed by atoms with E-state index in [-0.39, 0.29) is 6.61 Å². The van der Waals surface area contributed by atoms with Crippen LogP contribution in [0.4, 0.5) is 13.2 Å². The molecular formula is C12H16F3NO. The van der Waals surface area contributed by atoms with Crippen molar-refractivity contribution in [2.45, 2.75) is 25.1 Å². The average Bonchev–Trinajstić information content (AvgIpc) is 2.28. The van der Waals surface area contributed by atoms with E-state index in [1.165, 1.54) is 6.07 Å². The van der Waals surface area contributed by atoms with E-state index in [0.717, 1.165) is 12.1 Å². The van der Waals surface area contributed by atoms with Crippen molar-refractivity contribution in [2.75, 3.05) is 13.7 Å². The van der Waals surface area contributed by atoms with E-state index in [1.54, 1.807) is 20.0 Å². The normalized spacial score (nSPS) is 15.6. The summed E-state index contributed by atoms with van der Waals surface area (Å²) in [4.78, 5) is 0. The quantitative estimate of drug-likeness (QED) is 0.857. The van der Waals surface area contributed by atoms with Gasteiger partial charge in [0.2, 0.25) is 0 Å². The van der Waals surface area contributed by atoms with E-state index in [4.69, 9.17) is 5.11 Å². The van der Waals surface area contributed by atoms with Gasteiger partial charge in [0.25, 0.3) is 0 Å². The van der Waals surface area contributed by atoms with Gasteiger partial charge in [-0.15, -0.1) is 0 Å². The van der Waals surface area contributed by atoms with Gasteiger partial charge < -0.3 is 10.4 Å². The molecule has 96 valence electrons. The Bertz CT molecular complexity index is 378. The fraction of sp³-hybridized carbons (Fsp3) is 0.500. The molecule has 5 heteroatoms. The SMILES string of the molecule is CNC(C)(CCO)c1cccc(C(F)(F)F)c1. The number of hydrogen-bond acceptors (Lipinski definition) is 2. The van der Waals surface area contributed by atoms with Gasteiger partial charge in [0.15, 0.2) is 0 Å². The van der Waals surface area contributed by atoms with Crippen LogP contribution in [0.1, 0.15) is 24.5 Å². The monoisotopic (exact) mass is 247 g/mol. The van der Waals surface area contributed by atoms with E-state index in [2.05, 4.69) is 5.32 Å². The predicted octanol–water partition coefficient (Wildman–Crippen LogP) is 2.52. The van der Waals surface area contributed by atoms with Crippen molar-refractivity contribution >= 4 is 0 Å². The maximum absolute atomic E-state index is 12.6. The summed E-state index contributed by atoms with van der Waals surface area (Å²) in [7, 11) is 1.66. The lowest BCUT2D eigenvalue weighted by Gasteiger charge is -2.29. The van der Waals surface area contributed by atoms with E-state index in [9.17, 15) is 13.2 Å². The Morgan fingerprint density at radius 1 is 1.24 bits per heavy atom. The predicted molar refractivity (Wildman–Crippen MR) is 59.6 cm³/mol. The Labute approximate surface area is 98.5 Å². The molecule has 0 aromatic heterocycles. The minimum atomic E-state index is -4.34. The Morgan fingerprint density at radius 3 is 2.29 bits per heavy atom. The number of aliphatic hydroxyl groups is 1. The average molecular weight is 247 g/mol. The molecule has 1 atom stereocenters. The van der Waals surface area contributed by atoms with Crippen molar-refractivity contribution in [1.29, 1.82) is 0 Å². The maximum Gasteiger partial charge on any atom is 0.416 e. The van der Waals surface area contributed by atoms with Gasteiger partial charge in [0.05, 0.1) is 5.56 Å². The standard InChI is InChI=1S/C12H16F3NO/c1-11(16-2,6-7-17)9-4-3-5-10(8-9)12(13,14)15/h3-5,8,16-17H,6-7H2,1-2H3. The van der Waals surface area contributed by atoms with Crippen molar-refractivity contribution in [2.24, 2.45) is 0 Å². The first-order valence-electron chi connectivity index (χ1n) is 5.31. The van der Waals surface area contributed by atoms with E-state index in [1.807, 2.05) is 0 Å². The van der Waals surface area contributed by atoms with Gasteiger partial charge in [0.1, 0.15) is 0 Å². The minimum Gasteiger partial charge on any atom is -0.396 e. The molecule has 2 nitrogen and oxygen atoms in total. The van der Waals surface area contributed by atoms with Gasteiger partial charge in [-0.05, 0) is 38.1 Å². The molecule has 0 heterocycles. The van der Waals surface area contributed by atoms with Crippen LogP contribution >= 0.6 is 0 Å². The van der Waals surface area contributed by atoms with Crippen molar-refractivity contribution in [3.63, 3.8) is 0 Å². The third-order valence-corrected chi connectivity index (χ3v) is 2.99. The van der Waals surface area contributed by atoms with Gasteiger partial charge >= 0.3 is 6.18 Å². The third kappa shape index (κ3) is 3.20. The maximum atomic E-state index is 12.6. The molecule has 0 aliphatic carbocycles. The Balaban J connectivity index is 3.14. The molecule has 0 aliphatic heterocycles. The van der Waals surface area contributed by atoms with Gasteiger partial charge in [-0.25, -0.2) is 0 Å². The van der Waals surface area contributed by atoms with Crippen molar-refractivity contribution in [1.82, 2.24) is 5.32 Å². The molecule has 1 aromatic carbocycles. The first kappa shape index (κ1) is 14.0. The van der Waals surface area contributed by atoms with Crippen LogP contribution in [0.15, 0.2) is 24.3 Å². The number of aliphatic hydroxyl groups excluding tert-OH is 1. The molecule has 0 radical (unpaired) electrons. The van der Waals surface area contributed by atoms with Gasteiger partial charge in [-0.3, -0.25) is 0 Å². The molecule has 0 fully saturated rings. The molecule has 1 unspecified atom stereocenters. The lowest BCUT2D eigenvalue weighted by atomic mass is 9.88. The first-order valence-corrected chi connectivity index (χ1v) is 5.31. The second-order valence-corrected chi connectivity index (χ2v) is 4.13. The highest BCUT2D eigenvalue weighted by Crippen LogP contribution is 2.32. The van der Waals surface area contributed by atoms with Crippen molar-refractivity contribution in [3.05, 3.63) is 35.4 Å². The number of nitrogens with one attached hydrogen (secondary N) is 1. The molecule has 1 aromatic rings. The zero-order valence-electron chi connectivity index (χ0n) is 9.80. The smallest absolute Gasteiger partial charge is 0.396 e. The highest BCUT2D eigenvalue weighted by atomic mass is 19.4. The van der Waals surface area contributed by atoms with Crippen LogP contribution in [0.2, 0.25) is 0 Å². The molecule has 0 saturated carbocycles. The molecule has 0 amide bonds. The summed E-state index contributed by atoms with van der Waals surface area (Å²) in [5, 5.41) is 11.9. The summed E-state index contributed by atoms with van der Waals surface area (Å²) >= 11 is 0. The molecule has 17 heavy (non-hydrogen) atoms. The summed E-state index contributed by atoms with van der Waals surface area (Å²) in [6, 6.07) is 5.16. The fourth-order valence-electron chi connectivity index (χ4n) is 1.68. The number of hydrogen-bond donors (Lipinski definition) is 2. The number of alkyl halides is 3. The van der Waals surface area contributed by atoms with Crippen molar-refractivity contribution < 1.29 is 18.3 Å². The molecule has 1 rings (SSSR count). The highest BCUT2D eigenvalue weighted by molar-refractivity contribution is 5.30. The van der Waals surface area contributed by atoms with E-state index in [0.29, 0.717) is 12.0 Å². The zero-order valence-corrected chi connectivity index (χ0v) is 9.80. The lowest BCUT2D eigenvalue weighted by Crippen LogP contribution is -2.37. The summed E-state index contributed by atoms with van der Waals surface area (Å²) in [6.07, 6.45) is -3.99. The minimum absolute atomic E-state index is 0.0897. The van der Waals surface area contributed by atoms with Gasteiger partial charge in [0, 0.05) is 12.1 Å². The number of benzene rings is 1. The van der Waals surface area contributed by atoms with Crippen LogP contribution in [-0.4, -0.2) is 18.8 Å². The van der Waals surface area contributed by atoms with E-state index < -0.39 is 17.3 Å². The molecule has 0 saturated heterocycles. The molecular weight excluding hydrogens is 231 g/mol. The largest absolute Gasteiger partial charge is 0.416 e. The lowest BCUT2D eigenvalue weighted by molar-refractivity contribution is -0.137. The topological polar surface area (TPSA) is 32.3 Å². The Kier molecular flexibility index (Phi) is 4.16. The molecule has 0 spiro atoms. The van der Waals surface area contributed by atoms with Crippen LogP contribution in [0.5, 0.6) is 0 Å². The van der Waals surface area contributed by atoms with E-state index >= 15 is 0 Å². The summed E-state index contributed by atoms with van der Waals surface area (Å²) in [5.41, 5.74) is -0.811. The van der Waals surface area contributed by atoms with Crippen LogP contribution in [0, 0.1) is 0 Å². The summed E-state index contributed by atoms with van der Waals surface area (Å²) in [5.74, 6) is 0. The highest BCUT2D eigenvalue weighted by Gasteiger charge is 2.32. The molecule has 0 bridgehead atoms. The molecule has 2 N–H and O–H groups in total. The zero-order chi connectivity index (χ0) is 13.1. The second-order valence-electron chi connectivity index (χ2n) is 4.13. The Hall–Kier alpha value is -1.07. The second kappa shape index (κ2) is 5.06. The van der Waals surface area contributed by atoms with Gasteiger partial charge in [-0.2, -0.15) is 13.2 Å². The Morgan fingerprint density at radius 2 is 1.82 bits per heavy atom. The van der Waals surface area contributed by atoms with Crippen LogP contribution < -0.4 is 5.32 Å². The first-order chi connectivity index (χ1) is 7.83.